The SMILES string of the molecule is CN=C(NCCSC)NCCc1cccc(Cl)c1.I. The highest BCUT2D eigenvalue weighted by Crippen LogP contribution is 2.10. The smallest absolute Gasteiger partial charge is 0.191 e. The van der Waals surface area contributed by atoms with Gasteiger partial charge in [0.15, 0.2) is 5.96 Å². The molecule has 0 aliphatic carbocycles. The fourth-order valence-corrected chi connectivity index (χ4v) is 2.03. The van der Waals surface area contributed by atoms with Crippen LogP contribution in [-0.4, -0.2) is 38.1 Å². The number of benzene rings is 1. The normalized spacial score (nSPS) is 10.8. The number of guanidine groups is 1. The number of nitrogens with one attached hydrogen (secondary N) is 2. The molecule has 0 atom stereocenters. The van der Waals surface area contributed by atoms with Gasteiger partial charge in [0.2, 0.25) is 0 Å². The molecule has 0 aromatic heterocycles. The predicted octanol–water partition coefficient (Wildman–Crippen LogP) is 3.03. The van der Waals surface area contributed by atoms with Gasteiger partial charge in [-0.1, -0.05) is 23.7 Å². The van der Waals surface area contributed by atoms with Crippen LogP contribution < -0.4 is 10.6 Å². The lowest BCUT2D eigenvalue weighted by Crippen LogP contribution is -2.39. The average Bonchev–Trinajstić information content (AvgIpc) is 2.37. The molecule has 108 valence electrons. The van der Waals surface area contributed by atoms with Crippen molar-refractivity contribution >= 4 is 53.3 Å². The van der Waals surface area contributed by atoms with Gasteiger partial charge in [-0.15, -0.1) is 24.0 Å². The van der Waals surface area contributed by atoms with Crippen molar-refractivity contribution in [2.45, 2.75) is 6.42 Å². The Hall–Kier alpha value is -0.140. The summed E-state index contributed by atoms with van der Waals surface area (Å²) in [5, 5.41) is 7.33. The summed E-state index contributed by atoms with van der Waals surface area (Å²) < 4.78 is 0. The molecule has 0 aliphatic rings. The number of aliphatic imine (C=N–C) groups is 1. The molecule has 3 nitrogen and oxygen atoms in total. The van der Waals surface area contributed by atoms with E-state index in [1.165, 1.54) is 5.56 Å². The number of halogens is 2. The summed E-state index contributed by atoms with van der Waals surface area (Å²) in [4.78, 5) is 4.17. The van der Waals surface area contributed by atoms with E-state index in [0.29, 0.717) is 0 Å². The van der Waals surface area contributed by atoms with Crippen molar-refractivity contribution in [2.24, 2.45) is 4.99 Å². The first kappa shape index (κ1) is 18.9. The molecule has 0 amide bonds. The highest BCUT2D eigenvalue weighted by molar-refractivity contribution is 14.0. The van der Waals surface area contributed by atoms with E-state index in [0.717, 1.165) is 36.2 Å². The van der Waals surface area contributed by atoms with Crippen molar-refractivity contribution in [3.8, 4) is 0 Å². The number of nitrogens with zero attached hydrogens (tertiary/aromatic N) is 1. The molecule has 6 heteroatoms. The second kappa shape index (κ2) is 11.7. The topological polar surface area (TPSA) is 36.4 Å². The highest BCUT2D eigenvalue weighted by Gasteiger charge is 1.97. The number of hydrogen-bond donors (Lipinski definition) is 2. The molecule has 0 heterocycles. The van der Waals surface area contributed by atoms with Gasteiger partial charge in [-0.2, -0.15) is 11.8 Å². The summed E-state index contributed by atoms with van der Waals surface area (Å²) in [6, 6.07) is 7.94. The number of hydrogen-bond acceptors (Lipinski definition) is 2. The minimum atomic E-state index is 0. The van der Waals surface area contributed by atoms with Crippen molar-refractivity contribution in [1.82, 2.24) is 10.6 Å². The Morgan fingerprint density at radius 3 is 2.68 bits per heavy atom. The van der Waals surface area contributed by atoms with Crippen LogP contribution in [0.15, 0.2) is 29.3 Å². The number of rotatable bonds is 6. The van der Waals surface area contributed by atoms with E-state index in [9.17, 15) is 0 Å². The van der Waals surface area contributed by atoms with Crippen molar-refractivity contribution in [2.75, 3.05) is 32.1 Å². The third kappa shape index (κ3) is 8.60. The summed E-state index contributed by atoms with van der Waals surface area (Å²) >= 11 is 7.76. The van der Waals surface area contributed by atoms with Crippen LogP contribution in [0.2, 0.25) is 5.02 Å². The van der Waals surface area contributed by atoms with Gasteiger partial charge in [0, 0.05) is 30.9 Å². The molecule has 0 aliphatic heterocycles. The zero-order valence-corrected chi connectivity index (χ0v) is 15.2. The van der Waals surface area contributed by atoms with Crippen LogP contribution in [0.5, 0.6) is 0 Å². The Morgan fingerprint density at radius 1 is 1.32 bits per heavy atom. The monoisotopic (exact) mass is 413 g/mol. The molecule has 0 unspecified atom stereocenters. The van der Waals surface area contributed by atoms with Gasteiger partial charge < -0.3 is 10.6 Å². The fourth-order valence-electron chi connectivity index (χ4n) is 1.51. The molecule has 19 heavy (non-hydrogen) atoms. The molecule has 0 saturated carbocycles. The molecular formula is C13H21ClIN3S. The van der Waals surface area contributed by atoms with Gasteiger partial charge in [0.25, 0.3) is 0 Å². The van der Waals surface area contributed by atoms with Gasteiger partial charge in [-0.25, -0.2) is 0 Å². The van der Waals surface area contributed by atoms with Gasteiger partial charge in [0.1, 0.15) is 0 Å². The molecule has 0 fully saturated rings. The first-order chi connectivity index (χ1) is 8.76. The van der Waals surface area contributed by atoms with Crippen LogP contribution >= 0.6 is 47.3 Å². The summed E-state index contributed by atoms with van der Waals surface area (Å²) in [5.41, 5.74) is 1.23. The Labute approximate surface area is 142 Å². The van der Waals surface area contributed by atoms with Gasteiger partial charge >= 0.3 is 0 Å². The summed E-state index contributed by atoms with van der Waals surface area (Å²) in [7, 11) is 1.79. The maximum atomic E-state index is 5.94. The first-order valence-corrected chi connectivity index (χ1v) is 7.71. The summed E-state index contributed by atoms with van der Waals surface area (Å²) in [6.07, 6.45) is 3.03. The Bertz CT molecular complexity index is 388. The van der Waals surface area contributed by atoms with E-state index < -0.39 is 0 Å². The van der Waals surface area contributed by atoms with Crippen LogP contribution in [0.25, 0.3) is 0 Å². The Balaban J connectivity index is 0.00000324. The minimum Gasteiger partial charge on any atom is -0.356 e. The molecule has 1 aromatic carbocycles. The maximum Gasteiger partial charge on any atom is 0.191 e. The second-order valence-corrected chi connectivity index (χ2v) is 5.22. The second-order valence-electron chi connectivity index (χ2n) is 3.80. The van der Waals surface area contributed by atoms with Crippen molar-refractivity contribution in [3.63, 3.8) is 0 Å². The van der Waals surface area contributed by atoms with Crippen LogP contribution in [0, 0.1) is 0 Å². The molecule has 0 spiro atoms. The minimum absolute atomic E-state index is 0. The van der Waals surface area contributed by atoms with E-state index in [1.807, 2.05) is 30.0 Å². The lowest BCUT2D eigenvalue weighted by molar-refractivity contribution is 0.812. The number of thioether (sulfide) groups is 1. The lowest BCUT2D eigenvalue weighted by atomic mass is 10.1. The summed E-state index contributed by atoms with van der Waals surface area (Å²) in [5.74, 6) is 1.93. The highest BCUT2D eigenvalue weighted by atomic mass is 127. The molecule has 2 N–H and O–H groups in total. The van der Waals surface area contributed by atoms with Gasteiger partial charge in [-0.3, -0.25) is 4.99 Å². The van der Waals surface area contributed by atoms with E-state index in [2.05, 4.69) is 27.9 Å². The van der Waals surface area contributed by atoms with E-state index in [-0.39, 0.29) is 24.0 Å². The predicted molar refractivity (Wildman–Crippen MR) is 98.3 cm³/mol. The van der Waals surface area contributed by atoms with Gasteiger partial charge in [-0.05, 0) is 30.4 Å². The lowest BCUT2D eigenvalue weighted by Gasteiger charge is -2.11. The van der Waals surface area contributed by atoms with Crippen molar-refractivity contribution < 1.29 is 0 Å². The standard InChI is InChI=1S/C13H20ClN3S.HI/c1-15-13(17-8-9-18-2)16-7-6-11-4-3-5-12(14)10-11;/h3-5,10H,6-9H2,1-2H3,(H2,15,16,17);1H. The summed E-state index contributed by atoms with van der Waals surface area (Å²) in [6.45, 7) is 1.78. The first-order valence-electron chi connectivity index (χ1n) is 5.94. The van der Waals surface area contributed by atoms with Crippen LogP contribution in [0.3, 0.4) is 0 Å². The van der Waals surface area contributed by atoms with Gasteiger partial charge in [0.05, 0.1) is 0 Å². The quantitative estimate of drug-likeness (QED) is 0.326. The molecular weight excluding hydrogens is 393 g/mol. The molecule has 1 aromatic rings. The Morgan fingerprint density at radius 2 is 2.05 bits per heavy atom. The molecule has 0 radical (unpaired) electrons. The van der Waals surface area contributed by atoms with E-state index >= 15 is 0 Å². The Kier molecular flexibility index (Phi) is 11.6. The van der Waals surface area contributed by atoms with E-state index in [1.54, 1.807) is 7.05 Å². The van der Waals surface area contributed by atoms with Crippen LogP contribution in [0.4, 0.5) is 0 Å². The van der Waals surface area contributed by atoms with Crippen LogP contribution in [0.1, 0.15) is 5.56 Å². The molecule has 0 saturated heterocycles. The molecule has 1 rings (SSSR count). The third-order valence-electron chi connectivity index (χ3n) is 2.42. The zero-order chi connectivity index (χ0) is 13.2. The average molecular weight is 414 g/mol. The zero-order valence-electron chi connectivity index (χ0n) is 11.3. The van der Waals surface area contributed by atoms with Crippen molar-refractivity contribution in [3.05, 3.63) is 34.9 Å². The maximum absolute atomic E-state index is 5.94. The molecule has 0 bridgehead atoms. The van der Waals surface area contributed by atoms with Crippen molar-refractivity contribution in [1.29, 1.82) is 0 Å². The van der Waals surface area contributed by atoms with Crippen LogP contribution in [-0.2, 0) is 6.42 Å². The fraction of sp³-hybridized carbons (Fsp3) is 0.462. The van der Waals surface area contributed by atoms with E-state index in [4.69, 9.17) is 11.6 Å². The largest absolute Gasteiger partial charge is 0.356 e. The third-order valence-corrected chi connectivity index (χ3v) is 3.26.